The van der Waals surface area contributed by atoms with Crippen LogP contribution in [0.25, 0.3) is 0 Å². The average Bonchev–Trinajstić information content (AvgIpc) is 2.33. The number of rotatable bonds is 3. The second-order valence-corrected chi connectivity index (χ2v) is 6.78. The molecule has 0 aromatic heterocycles. The number of piperidine rings is 1. The second kappa shape index (κ2) is 6.36. The highest BCUT2D eigenvalue weighted by Gasteiger charge is 2.31. The molecule has 0 radical (unpaired) electrons. The first kappa shape index (κ1) is 14.3. The Morgan fingerprint density at radius 3 is 2.44 bits per heavy atom. The summed E-state index contributed by atoms with van der Waals surface area (Å²) < 4.78 is 0. The van der Waals surface area contributed by atoms with Gasteiger partial charge in [0.15, 0.2) is 0 Å². The highest BCUT2D eigenvalue weighted by atomic mass is 15.3. The van der Waals surface area contributed by atoms with Gasteiger partial charge in [-0.1, -0.05) is 13.8 Å². The molecule has 2 rings (SSSR count). The lowest BCUT2D eigenvalue weighted by molar-refractivity contribution is 0.0490. The summed E-state index contributed by atoms with van der Waals surface area (Å²) in [6.07, 6.45) is 2.73. The number of hydrogen-bond donors (Lipinski definition) is 1. The normalized spacial score (nSPS) is 33.2. The largest absolute Gasteiger partial charge is 0.311 e. The number of nitrogens with one attached hydrogen (secondary N) is 1. The molecule has 3 nitrogen and oxygen atoms in total. The van der Waals surface area contributed by atoms with Gasteiger partial charge in [0.1, 0.15) is 0 Å². The van der Waals surface area contributed by atoms with Crippen LogP contribution in [0.3, 0.4) is 0 Å². The molecule has 2 fully saturated rings. The molecule has 106 valence electrons. The quantitative estimate of drug-likeness (QED) is 0.827. The molecule has 2 unspecified atom stereocenters. The molecule has 2 aliphatic rings. The monoisotopic (exact) mass is 253 g/mol. The third kappa shape index (κ3) is 3.69. The molecule has 2 atom stereocenters. The third-order valence-electron chi connectivity index (χ3n) is 4.46. The van der Waals surface area contributed by atoms with Gasteiger partial charge in [-0.3, -0.25) is 4.90 Å². The van der Waals surface area contributed by atoms with Crippen molar-refractivity contribution in [1.82, 2.24) is 15.1 Å². The second-order valence-electron chi connectivity index (χ2n) is 6.78. The number of hydrogen-bond acceptors (Lipinski definition) is 3. The van der Waals surface area contributed by atoms with Crippen molar-refractivity contribution >= 4 is 0 Å². The molecule has 0 spiro atoms. The fourth-order valence-corrected chi connectivity index (χ4v) is 3.51. The zero-order valence-corrected chi connectivity index (χ0v) is 12.7. The van der Waals surface area contributed by atoms with Crippen molar-refractivity contribution in [1.29, 1.82) is 0 Å². The maximum atomic E-state index is 3.58. The molecule has 0 bridgehead atoms. The molecule has 1 N–H and O–H groups in total. The SMILES string of the molecule is CC(C)CN1CCC(N2CC(C)NCC2C)CC1. The van der Waals surface area contributed by atoms with E-state index in [4.69, 9.17) is 0 Å². The Morgan fingerprint density at radius 2 is 1.83 bits per heavy atom. The van der Waals surface area contributed by atoms with Gasteiger partial charge in [-0.2, -0.15) is 0 Å². The smallest absolute Gasteiger partial charge is 0.0196 e. The fraction of sp³-hybridized carbons (Fsp3) is 1.00. The standard InChI is InChI=1S/C15H31N3/c1-12(2)10-17-7-5-15(6-8-17)18-11-13(3)16-9-14(18)4/h12-16H,5-11H2,1-4H3. The summed E-state index contributed by atoms with van der Waals surface area (Å²) in [6.45, 7) is 15.6. The number of piperazine rings is 1. The summed E-state index contributed by atoms with van der Waals surface area (Å²) in [7, 11) is 0. The van der Waals surface area contributed by atoms with Crippen LogP contribution in [0.4, 0.5) is 0 Å². The highest BCUT2D eigenvalue weighted by molar-refractivity contribution is 4.89. The van der Waals surface area contributed by atoms with Crippen LogP contribution in [-0.4, -0.2) is 60.6 Å². The minimum absolute atomic E-state index is 0.662. The molecule has 0 aromatic rings. The van der Waals surface area contributed by atoms with Gasteiger partial charge < -0.3 is 10.2 Å². The van der Waals surface area contributed by atoms with Crippen molar-refractivity contribution in [2.45, 2.75) is 58.7 Å². The van der Waals surface area contributed by atoms with E-state index in [0.29, 0.717) is 12.1 Å². The Balaban J connectivity index is 1.81. The average molecular weight is 253 g/mol. The van der Waals surface area contributed by atoms with Crippen molar-refractivity contribution in [2.75, 3.05) is 32.7 Å². The maximum Gasteiger partial charge on any atom is 0.0196 e. The molecule has 2 heterocycles. The minimum atomic E-state index is 0.662. The van der Waals surface area contributed by atoms with Crippen molar-refractivity contribution in [3.8, 4) is 0 Å². The van der Waals surface area contributed by atoms with Crippen LogP contribution in [0.5, 0.6) is 0 Å². The molecule has 3 heteroatoms. The first-order chi connectivity index (χ1) is 8.56. The maximum absolute atomic E-state index is 3.58. The van der Waals surface area contributed by atoms with Gasteiger partial charge in [-0.15, -0.1) is 0 Å². The molecule has 0 saturated carbocycles. The van der Waals surface area contributed by atoms with Gasteiger partial charge in [0.2, 0.25) is 0 Å². The van der Waals surface area contributed by atoms with Gasteiger partial charge in [0.05, 0.1) is 0 Å². The molecule has 2 saturated heterocycles. The summed E-state index contributed by atoms with van der Waals surface area (Å²) in [4.78, 5) is 5.41. The third-order valence-corrected chi connectivity index (χ3v) is 4.46. The molecule has 18 heavy (non-hydrogen) atoms. The van der Waals surface area contributed by atoms with E-state index in [2.05, 4.69) is 42.8 Å². The van der Waals surface area contributed by atoms with E-state index in [-0.39, 0.29) is 0 Å². The molecular weight excluding hydrogens is 222 g/mol. The summed E-state index contributed by atoms with van der Waals surface area (Å²) in [5.41, 5.74) is 0. The Morgan fingerprint density at radius 1 is 1.17 bits per heavy atom. The van der Waals surface area contributed by atoms with Gasteiger partial charge >= 0.3 is 0 Å². The van der Waals surface area contributed by atoms with Gasteiger partial charge in [0.25, 0.3) is 0 Å². The van der Waals surface area contributed by atoms with Crippen LogP contribution in [0, 0.1) is 5.92 Å². The Labute approximate surface area is 113 Å². The van der Waals surface area contributed by atoms with E-state index in [9.17, 15) is 0 Å². The molecule has 0 aromatic carbocycles. The summed E-state index contributed by atoms with van der Waals surface area (Å²) in [5.74, 6) is 0.805. The predicted molar refractivity (Wildman–Crippen MR) is 77.9 cm³/mol. The van der Waals surface area contributed by atoms with E-state index in [0.717, 1.165) is 18.5 Å². The Bertz CT molecular complexity index is 246. The lowest BCUT2D eigenvalue weighted by atomic mass is 9.98. The molecule has 0 amide bonds. The zero-order valence-electron chi connectivity index (χ0n) is 12.7. The van der Waals surface area contributed by atoms with Crippen LogP contribution in [-0.2, 0) is 0 Å². The van der Waals surface area contributed by atoms with Crippen LogP contribution < -0.4 is 5.32 Å². The number of nitrogens with zero attached hydrogens (tertiary/aromatic N) is 2. The molecule has 0 aliphatic carbocycles. The first-order valence-electron chi connectivity index (χ1n) is 7.77. The van der Waals surface area contributed by atoms with E-state index in [1.807, 2.05) is 0 Å². The summed E-state index contributed by atoms with van der Waals surface area (Å²) in [5, 5.41) is 3.58. The van der Waals surface area contributed by atoms with Crippen molar-refractivity contribution in [3.05, 3.63) is 0 Å². The van der Waals surface area contributed by atoms with Crippen LogP contribution in [0.15, 0.2) is 0 Å². The number of likely N-dealkylation sites (tertiary alicyclic amines) is 1. The zero-order chi connectivity index (χ0) is 13.1. The first-order valence-corrected chi connectivity index (χ1v) is 7.77. The van der Waals surface area contributed by atoms with Crippen molar-refractivity contribution in [3.63, 3.8) is 0 Å². The Kier molecular flexibility index (Phi) is 5.05. The van der Waals surface area contributed by atoms with E-state index < -0.39 is 0 Å². The molecule has 2 aliphatic heterocycles. The van der Waals surface area contributed by atoms with E-state index in [1.165, 1.54) is 39.0 Å². The lowest BCUT2D eigenvalue weighted by Gasteiger charge is -2.45. The highest BCUT2D eigenvalue weighted by Crippen LogP contribution is 2.21. The van der Waals surface area contributed by atoms with E-state index >= 15 is 0 Å². The fourth-order valence-electron chi connectivity index (χ4n) is 3.51. The van der Waals surface area contributed by atoms with Gasteiger partial charge in [-0.25, -0.2) is 0 Å². The van der Waals surface area contributed by atoms with Crippen LogP contribution >= 0.6 is 0 Å². The topological polar surface area (TPSA) is 18.5 Å². The van der Waals surface area contributed by atoms with Crippen LogP contribution in [0.1, 0.15) is 40.5 Å². The predicted octanol–water partition coefficient (Wildman–Crippen LogP) is 1.79. The molecular formula is C15H31N3. The lowest BCUT2D eigenvalue weighted by Crippen LogP contribution is -2.59. The van der Waals surface area contributed by atoms with Crippen molar-refractivity contribution in [2.24, 2.45) is 5.92 Å². The van der Waals surface area contributed by atoms with Gasteiger partial charge in [0, 0.05) is 37.8 Å². The van der Waals surface area contributed by atoms with Crippen molar-refractivity contribution < 1.29 is 0 Å². The van der Waals surface area contributed by atoms with E-state index in [1.54, 1.807) is 0 Å². The van der Waals surface area contributed by atoms with Gasteiger partial charge in [-0.05, 0) is 45.7 Å². The van der Waals surface area contributed by atoms with Crippen LogP contribution in [0.2, 0.25) is 0 Å². The summed E-state index contributed by atoms with van der Waals surface area (Å²) >= 11 is 0. The Hall–Kier alpha value is -0.120. The summed E-state index contributed by atoms with van der Waals surface area (Å²) in [6, 6.07) is 2.20. The minimum Gasteiger partial charge on any atom is -0.311 e.